The second-order valence-corrected chi connectivity index (χ2v) is 5.59. The van der Waals surface area contributed by atoms with Crippen molar-refractivity contribution in [2.24, 2.45) is 0 Å². The van der Waals surface area contributed by atoms with E-state index in [-0.39, 0.29) is 0 Å². The fraction of sp³-hybridized carbons (Fsp3) is 0.316. The lowest BCUT2D eigenvalue weighted by Crippen LogP contribution is -1.96. The zero-order valence-electron chi connectivity index (χ0n) is 13.8. The lowest BCUT2D eigenvalue weighted by molar-refractivity contribution is 0.305. The van der Waals surface area contributed by atoms with Gasteiger partial charge in [0.15, 0.2) is 0 Å². The molecular weight excluding hydrogens is 302 g/mol. The van der Waals surface area contributed by atoms with Crippen LogP contribution in [0, 0.1) is 0 Å². The van der Waals surface area contributed by atoms with Crippen molar-refractivity contribution >= 4 is 0 Å². The number of benzene rings is 1. The Labute approximate surface area is 141 Å². The Kier molecular flexibility index (Phi) is 5.56. The summed E-state index contributed by atoms with van der Waals surface area (Å²) in [6, 6.07) is 11.4. The van der Waals surface area contributed by atoms with E-state index < -0.39 is 0 Å². The number of unbranched alkanes of at least 4 members (excludes halogenated alkanes) is 3. The van der Waals surface area contributed by atoms with Gasteiger partial charge in [-0.2, -0.15) is 4.98 Å². The van der Waals surface area contributed by atoms with Gasteiger partial charge in [-0.3, -0.25) is 4.98 Å². The highest BCUT2D eigenvalue weighted by molar-refractivity contribution is 5.59. The Morgan fingerprint density at radius 2 is 1.71 bits per heavy atom. The van der Waals surface area contributed by atoms with Crippen molar-refractivity contribution in [1.82, 2.24) is 15.1 Å². The predicted molar refractivity (Wildman–Crippen MR) is 92.6 cm³/mol. The fourth-order valence-electron chi connectivity index (χ4n) is 2.37. The molecule has 0 aliphatic carbocycles. The van der Waals surface area contributed by atoms with Gasteiger partial charge in [-0.05, 0) is 42.8 Å². The summed E-state index contributed by atoms with van der Waals surface area (Å²) in [6.45, 7) is 2.96. The van der Waals surface area contributed by atoms with Gasteiger partial charge in [0.2, 0.25) is 5.82 Å². The van der Waals surface area contributed by atoms with Crippen LogP contribution in [0.4, 0.5) is 0 Å². The van der Waals surface area contributed by atoms with Gasteiger partial charge in [0.05, 0.1) is 6.61 Å². The van der Waals surface area contributed by atoms with Crippen LogP contribution < -0.4 is 4.74 Å². The minimum absolute atomic E-state index is 0.497. The van der Waals surface area contributed by atoms with Crippen LogP contribution in [0.25, 0.3) is 22.8 Å². The molecule has 0 aliphatic rings. The SMILES string of the molecule is CCCCCCOc1ccc(-c2nc(-c3ccncc3)no2)cc1. The van der Waals surface area contributed by atoms with Crippen LogP contribution in [0.2, 0.25) is 0 Å². The van der Waals surface area contributed by atoms with Crippen LogP contribution in [0.3, 0.4) is 0 Å². The highest BCUT2D eigenvalue weighted by atomic mass is 16.5. The average Bonchev–Trinajstić information content (AvgIpc) is 3.13. The van der Waals surface area contributed by atoms with Crippen LogP contribution >= 0.6 is 0 Å². The van der Waals surface area contributed by atoms with Crippen molar-refractivity contribution in [1.29, 1.82) is 0 Å². The topological polar surface area (TPSA) is 61.0 Å². The molecule has 3 aromatic rings. The van der Waals surface area contributed by atoms with E-state index in [0.717, 1.165) is 29.9 Å². The summed E-state index contributed by atoms with van der Waals surface area (Å²) in [5, 5.41) is 4.02. The molecule has 0 radical (unpaired) electrons. The molecule has 0 atom stereocenters. The number of hydrogen-bond acceptors (Lipinski definition) is 5. The number of hydrogen-bond donors (Lipinski definition) is 0. The maximum absolute atomic E-state index is 5.74. The van der Waals surface area contributed by atoms with Crippen LogP contribution in [0.5, 0.6) is 5.75 Å². The zero-order chi connectivity index (χ0) is 16.6. The first-order valence-corrected chi connectivity index (χ1v) is 8.34. The molecule has 0 N–H and O–H groups in total. The van der Waals surface area contributed by atoms with Crippen molar-refractivity contribution in [3.05, 3.63) is 48.8 Å². The smallest absolute Gasteiger partial charge is 0.258 e. The third-order valence-electron chi connectivity index (χ3n) is 3.73. The first-order valence-electron chi connectivity index (χ1n) is 8.34. The molecule has 5 heteroatoms. The molecule has 2 heterocycles. The molecule has 3 rings (SSSR count). The van der Waals surface area contributed by atoms with Gasteiger partial charge in [0.25, 0.3) is 5.89 Å². The number of nitrogens with zero attached hydrogens (tertiary/aromatic N) is 3. The van der Waals surface area contributed by atoms with Crippen LogP contribution in [0.15, 0.2) is 53.3 Å². The maximum atomic E-state index is 5.74. The van der Waals surface area contributed by atoms with Crippen molar-refractivity contribution in [2.75, 3.05) is 6.61 Å². The van der Waals surface area contributed by atoms with E-state index in [1.54, 1.807) is 12.4 Å². The Morgan fingerprint density at radius 3 is 2.46 bits per heavy atom. The molecule has 0 spiro atoms. The van der Waals surface area contributed by atoms with E-state index >= 15 is 0 Å². The van der Waals surface area contributed by atoms with E-state index in [9.17, 15) is 0 Å². The molecule has 0 saturated carbocycles. The van der Waals surface area contributed by atoms with Crippen LogP contribution in [-0.4, -0.2) is 21.7 Å². The fourth-order valence-corrected chi connectivity index (χ4v) is 2.37. The van der Waals surface area contributed by atoms with E-state index in [4.69, 9.17) is 9.26 Å². The van der Waals surface area contributed by atoms with Crippen molar-refractivity contribution in [3.8, 4) is 28.6 Å². The average molecular weight is 323 g/mol. The van der Waals surface area contributed by atoms with Crippen molar-refractivity contribution in [2.45, 2.75) is 32.6 Å². The van der Waals surface area contributed by atoms with Gasteiger partial charge in [0.1, 0.15) is 5.75 Å². The molecule has 1 aromatic carbocycles. The molecule has 0 fully saturated rings. The largest absolute Gasteiger partial charge is 0.494 e. The Morgan fingerprint density at radius 1 is 0.917 bits per heavy atom. The first-order chi connectivity index (χ1) is 11.9. The van der Waals surface area contributed by atoms with Crippen molar-refractivity contribution < 1.29 is 9.26 Å². The Bertz CT molecular complexity index is 739. The number of ether oxygens (including phenoxy) is 1. The summed E-state index contributed by atoms with van der Waals surface area (Å²) in [7, 11) is 0. The molecule has 124 valence electrons. The Balaban J connectivity index is 1.61. The quantitative estimate of drug-likeness (QED) is 0.559. The monoisotopic (exact) mass is 323 g/mol. The summed E-state index contributed by atoms with van der Waals surface area (Å²) in [6.07, 6.45) is 8.22. The van der Waals surface area contributed by atoms with E-state index in [0.29, 0.717) is 11.7 Å². The highest BCUT2D eigenvalue weighted by Gasteiger charge is 2.10. The summed E-state index contributed by atoms with van der Waals surface area (Å²) < 4.78 is 11.1. The van der Waals surface area contributed by atoms with E-state index in [2.05, 4.69) is 22.0 Å². The molecule has 2 aromatic heterocycles. The lowest BCUT2D eigenvalue weighted by atomic mass is 10.2. The molecule has 24 heavy (non-hydrogen) atoms. The lowest BCUT2D eigenvalue weighted by Gasteiger charge is -2.05. The maximum Gasteiger partial charge on any atom is 0.258 e. The third-order valence-corrected chi connectivity index (χ3v) is 3.73. The van der Waals surface area contributed by atoms with Crippen LogP contribution in [0.1, 0.15) is 32.6 Å². The van der Waals surface area contributed by atoms with Gasteiger partial charge < -0.3 is 9.26 Å². The summed E-state index contributed by atoms with van der Waals surface area (Å²) in [4.78, 5) is 8.42. The molecule has 0 unspecified atom stereocenters. The standard InChI is InChI=1S/C19H21N3O2/c1-2-3-4-5-14-23-17-8-6-16(7-9-17)19-21-18(22-24-19)15-10-12-20-13-11-15/h6-13H,2-5,14H2,1H3. The van der Waals surface area contributed by atoms with E-state index in [1.807, 2.05) is 36.4 Å². The van der Waals surface area contributed by atoms with E-state index in [1.165, 1.54) is 19.3 Å². The summed E-state index contributed by atoms with van der Waals surface area (Å²) in [5.41, 5.74) is 1.76. The minimum Gasteiger partial charge on any atom is -0.494 e. The van der Waals surface area contributed by atoms with Gasteiger partial charge in [-0.1, -0.05) is 31.3 Å². The van der Waals surface area contributed by atoms with Crippen molar-refractivity contribution in [3.63, 3.8) is 0 Å². The molecule has 0 aliphatic heterocycles. The van der Waals surface area contributed by atoms with Gasteiger partial charge in [-0.25, -0.2) is 0 Å². The summed E-state index contributed by atoms with van der Waals surface area (Å²) >= 11 is 0. The highest BCUT2D eigenvalue weighted by Crippen LogP contribution is 2.24. The second-order valence-electron chi connectivity index (χ2n) is 5.59. The minimum atomic E-state index is 0.497. The Hall–Kier alpha value is -2.69. The zero-order valence-corrected chi connectivity index (χ0v) is 13.8. The molecule has 0 bridgehead atoms. The van der Waals surface area contributed by atoms with Gasteiger partial charge >= 0.3 is 0 Å². The number of pyridine rings is 1. The van der Waals surface area contributed by atoms with Gasteiger partial charge in [-0.15, -0.1) is 0 Å². The third kappa shape index (κ3) is 4.19. The number of rotatable bonds is 8. The van der Waals surface area contributed by atoms with Crippen LogP contribution in [-0.2, 0) is 0 Å². The first kappa shape index (κ1) is 16.2. The molecule has 5 nitrogen and oxygen atoms in total. The van der Waals surface area contributed by atoms with Gasteiger partial charge in [0, 0.05) is 23.5 Å². The normalized spacial score (nSPS) is 10.7. The molecule has 0 saturated heterocycles. The second kappa shape index (κ2) is 8.24. The summed E-state index contributed by atoms with van der Waals surface area (Å²) in [5.74, 6) is 1.92. The number of aromatic nitrogens is 3. The molecule has 0 amide bonds. The predicted octanol–water partition coefficient (Wildman–Crippen LogP) is 4.76. The molecular formula is C19H21N3O2.